The van der Waals surface area contributed by atoms with Gasteiger partial charge in [-0.15, -0.1) is 0 Å². The van der Waals surface area contributed by atoms with Crippen molar-refractivity contribution < 1.29 is 14.4 Å². The number of carboxylic acid groups (broad SMARTS) is 1. The van der Waals surface area contributed by atoms with E-state index in [1.807, 2.05) is 19.0 Å². The Hall–Kier alpha value is -1.36. The van der Waals surface area contributed by atoms with Crippen LogP contribution < -0.4 is 0 Å². The zero-order valence-electron chi connectivity index (χ0n) is 7.65. The number of hydrogen-bond acceptors (Lipinski definition) is 4. The van der Waals surface area contributed by atoms with Crippen molar-refractivity contribution >= 4 is 5.97 Å². The first kappa shape index (κ1) is 9.73. The first-order chi connectivity index (χ1) is 6.09. The van der Waals surface area contributed by atoms with E-state index in [4.69, 9.17) is 5.11 Å². The SMILES string of the molecule is CN(C)CCc1cc(C(=O)O)on1. The highest BCUT2D eigenvalue weighted by atomic mass is 16.5. The maximum absolute atomic E-state index is 10.4. The molecular formula is C8H12N2O3. The molecule has 13 heavy (non-hydrogen) atoms. The molecule has 0 fully saturated rings. The summed E-state index contributed by atoms with van der Waals surface area (Å²) in [6.45, 7) is 0.825. The Balaban J connectivity index is 2.54. The summed E-state index contributed by atoms with van der Waals surface area (Å²) in [5.74, 6) is -1.18. The van der Waals surface area contributed by atoms with E-state index in [-0.39, 0.29) is 5.76 Å². The van der Waals surface area contributed by atoms with Crippen LogP contribution in [0.25, 0.3) is 0 Å². The smallest absolute Gasteiger partial charge is 0.374 e. The van der Waals surface area contributed by atoms with E-state index in [1.54, 1.807) is 0 Å². The number of carbonyl (C=O) groups is 1. The number of aromatic nitrogens is 1. The molecule has 0 aliphatic carbocycles. The molecule has 0 aliphatic rings. The van der Waals surface area contributed by atoms with Crippen LogP contribution in [0.3, 0.4) is 0 Å². The fourth-order valence-corrected chi connectivity index (χ4v) is 0.869. The molecule has 1 aromatic rings. The third-order valence-corrected chi connectivity index (χ3v) is 1.58. The van der Waals surface area contributed by atoms with Gasteiger partial charge in [-0.25, -0.2) is 4.79 Å². The average Bonchev–Trinajstić information content (AvgIpc) is 2.48. The zero-order valence-corrected chi connectivity index (χ0v) is 7.65. The third kappa shape index (κ3) is 2.87. The summed E-state index contributed by atoms with van der Waals surface area (Å²) in [7, 11) is 3.89. The average molecular weight is 184 g/mol. The predicted octanol–water partition coefficient (Wildman–Crippen LogP) is 0.477. The Morgan fingerprint density at radius 3 is 2.85 bits per heavy atom. The predicted molar refractivity (Wildman–Crippen MR) is 45.7 cm³/mol. The van der Waals surface area contributed by atoms with E-state index in [9.17, 15) is 4.79 Å². The van der Waals surface area contributed by atoms with E-state index >= 15 is 0 Å². The van der Waals surface area contributed by atoms with Crippen molar-refractivity contribution in [3.8, 4) is 0 Å². The summed E-state index contributed by atoms with van der Waals surface area (Å²) < 4.78 is 4.59. The minimum Gasteiger partial charge on any atom is -0.475 e. The minimum absolute atomic E-state index is 0.103. The lowest BCUT2D eigenvalue weighted by Crippen LogP contribution is -2.15. The van der Waals surface area contributed by atoms with E-state index in [0.29, 0.717) is 12.1 Å². The standard InChI is InChI=1S/C8H12N2O3/c1-10(2)4-3-6-5-7(8(11)12)13-9-6/h5H,3-4H2,1-2H3,(H,11,12). The van der Waals surface area contributed by atoms with Gasteiger partial charge in [0.1, 0.15) is 0 Å². The van der Waals surface area contributed by atoms with Crippen LogP contribution in [0.15, 0.2) is 10.6 Å². The van der Waals surface area contributed by atoms with Gasteiger partial charge in [-0.1, -0.05) is 5.16 Å². The molecule has 0 aromatic carbocycles. The largest absolute Gasteiger partial charge is 0.475 e. The van der Waals surface area contributed by atoms with E-state index in [1.165, 1.54) is 6.07 Å². The fourth-order valence-electron chi connectivity index (χ4n) is 0.869. The molecule has 0 bridgehead atoms. The molecule has 1 N–H and O–H groups in total. The number of aromatic carboxylic acids is 1. The Morgan fingerprint density at radius 2 is 2.38 bits per heavy atom. The molecule has 0 spiro atoms. The van der Waals surface area contributed by atoms with Crippen LogP contribution in [-0.2, 0) is 6.42 Å². The molecule has 0 aliphatic heterocycles. The van der Waals surface area contributed by atoms with Gasteiger partial charge in [-0.3, -0.25) is 0 Å². The van der Waals surface area contributed by atoms with E-state index in [0.717, 1.165) is 6.54 Å². The molecule has 5 heteroatoms. The zero-order chi connectivity index (χ0) is 9.84. The van der Waals surface area contributed by atoms with Gasteiger partial charge in [0.15, 0.2) is 0 Å². The van der Waals surface area contributed by atoms with Crippen molar-refractivity contribution in [1.82, 2.24) is 10.1 Å². The molecule has 1 heterocycles. The maximum atomic E-state index is 10.4. The highest BCUT2D eigenvalue weighted by molar-refractivity contribution is 5.84. The Morgan fingerprint density at radius 1 is 1.69 bits per heavy atom. The van der Waals surface area contributed by atoms with Crippen LogP contribution >= 0.6 is 0 Å². The fraction of sp³-hybridized carbons (Fsp3) is 0.500. The highest BCUT2D eigenvalue weighted by Gasteiger charge is 2.10. The molecule has 0 saturated heterocycles. The molecular weight excluding hydrogens is 172 g/mol. The van der Waals surface area contributed by atoms with Crippen molar-refractivity contribution in [2.24, 2.45) is 0 Å². The van der Waals surface area contributed by atoms with Crippen LogP contribution in [0.5, 0.6) is 0 Å². The summed E-state index contributed by atoms with van der Waals surface area (Å²) in [5, 5.41) is 12.2. The number of rotatable bonds is 4. The quantitative estimate of drug-likeness (QED) is 0.737. The lowest BCUT2D eigenvalue weighted by molar-refractivity contribution is 0.0652. The van der Waals surface area contributed by atoms with Gasteiger partial charge in [-0.2, -0.15) is 0 Å². The molecule has 0 amide bonds. The van der Waals surface area contributed by atoms with Crippen molar-refractivity contribution in [3.63, 3.8) is 0 Å². The van der Waals surface area contributed by atoms with Crippen molar-refractivity contribution in [2.45, 2.75) is 6.42 Å². The lowest BCUT2D eigenvalue weighted by Gasteiger charge is -2.05. The summed E-state index contributed by atoms with van der Waals surface area (Å²) in [5.41, 5.74) is 0.672. The van der Waals surface area contributed by atoms with Gasteiger partial charge < -0.3 is 14.5 Å². The Bertz CT molecular complexity index is 293. The Labute approximate surface area is 75.9 Å². The first-order valence-corrected chi connectivity index (χ1v) is 3.93. The van der Waals surface area contributed by atoms with Crippen molar-refractivity contribution in [2.75, 3.05) is 20.6 Å². The number of carboxylic acids is 1. The van der Waals surface area contributed by atoms with Gasteiger partial charge >= 0.3 is 5.97 Å². The van der Waals surface area contributed by atoms with Gasteiger partial charge in [0.05, 0.1) is 5.69 Å². The van der Waals surface area contributed by atoms with Crippen LogP contribution in [0, 0.1) is 0 Å². The summed E-state index contributed by atoms with van der Waals surface area (Å²) in [4.78, 5) is 12.4. The van der Waals surface area contributed by atoms with Gasteiger partial charge in [0.2, 0.25) is 5.76 Å². The lowest BCUT2D eigenvalue weighted by atomic mass is 10.3. The number of nitrogens with zero attached hydrogens (tertiary/aromatic N) is 2. The maximum Gasteiger partial charge on any atom is 0.374 e. The van der Waals surface area contributed by atoms with Crippen molar-refractivity contribution in [1.29, 1.82) is 0 Å². The second-order valence-electron chi connectivity index (χ2n) is 3.04. The summed E-state index contributed by atoms with van der Waals surface area (Å²) >= 11 is 0. The normalized spacial score (nSPS) is 10.7. The molecule has 1 aromatic heterocycles. The van der Waals surface area contributed by atoms with Gasteiger partial charge in [0, 0.05) is 19.0 Å². The van der Waals surface area contributed by atoms with Gasteiger partial charge in [-0.05, 0) is 14.1 Å². The van der Waals surface area contributed by atoms with E-state index < -0.39 is 5.97 Å². The molecule has 0 unspecified atom stereocenters. The monoisotopic (exact) mass is 184 g/mol. The van der Waals surface area contributed by atoms with E-state index in [2.05, 4.69) is 9.68 Å². The van der Waals surface area contributed by atoms with Crippen LogP contribution in [0.4, 0.5) is 0 Å². The van der Waals surface area contributed by atoms with Gasteiger partial charge in [0.25, 0.3) is 0 Å². The summed E-state index contributed by atoms with van der Waals surface area (Å²) in [6.07, 6.45) is 0.698. The molecule has 1 rings (SSSR count). The second kappa shape index (κ2) is 4.04. The molecule has 0 atom stereocenters. The minimum atomic E-state index is -1.08. The molecule has 5 nitrogen and oxygen atoms in total. The van der Waals surface area contributed by atoms with Crippen molar-refractivity contribution in [3.05, 3.63) is 17.5 Å². The first-order valence-electron chi connectivity index (χ1n) is 3.93. The highest BCUT2D eigenvalue weighted by Crippen LogP contribution is 2.04. The Kier molecular flexibility index (Phi) is 3.02. The third-order valence-electron chi connectivity index (χ3n) is 1.58. The van der Waals surface area contributed by atoms with Crippen LogP contribution in [0.2, 0.25) is 0 Å². The van der Waals surface area contributed by atoms with Crippen LogP contribution in [0.1, 0.15) is 16.2 Å². The summed E-state index contributed by atoms with van der Waals surface area (Å²) in [6, 6.07) is 1.45. The second-order valence-corrected chi connectivity index (χ2v) is 3.04. The number of hydrogen-bond donors (Lipinski definition) is 1. The molecule has 0 saturated carbocycles. The van der Waals surface area contributed by atoms with Crippen LogP contribution in [-0.4, -0.2) is 41.8 Å². The molecule has 72 valence electrons. The molecule has 0 radical (unpaired) electrons. The number of likely N-dealkylation sites (N-methyl/N-ethyl adjacent to an activating group) is 1. The topological polar surface area (TPSA) is 66.6 Å².